The molecule has 2 N–H and O–H groups in total. The number of hydrogen-bond acceptors (Lipinski definition) is 6. The van der Waals surface area contributed by atoms with E-state index in [-0.39, 0.29) is 16.8 Å². The molecule has 0 saturated carbocycles. The quantitative estimate of drug-likeness (QED) is 0.866. The standard InChI is InChI=1S/C21H27N5O/c1-20(2)11-15(12-21(3,4)25-20)26(5)19-9-8-17(23-24-19)16-7-6-14(13-22)10-18(16)27/h6-10,15,25,27H,11-12H2,1-5H3. The van der Waals surface area contributed by atoms with Crippen LogP contribution in [0, 0.1) is 11.3 Å². The Morgan fingerprint density at radius 3 is 2.30 bits per heavy atom. The summed E-state index contributed by atoms with van der Waals surface area (Å²) in [5.41, 5.74) is 1.68. The molecule has 6 nitrogen and oxygen atoms in total. The molecule has 0 amide bonds. The van der Waals surface area contributed by atoms with Gasteiger partial charge in [-0.2, -0.15) is 5.26 Å². The van der Waals surface area contributed by atoms with Gasteiger partial charge in [0.2, 0.25) is 0 Å². The fourth-order valence-corrected chi connectivity index (χ4v) is 4.20. The van der Waals surface area contributed by atoms with Gasteiger partial charge in [-0.1, -0.05) is 0 Å². The first-order valence-corrected chi connectivity index (χ1v) is 9.20. The van der Waals surface area contributed by atoms with Crippen molar-refractivity contribution in [2.75, 3.05) is 11.9 Å². The Morgan fingerprint density at radius 1 is 1.11 bits per heavy atom. The average Bonchev–Trinajstić information content (AvgIpc) is 2.58. The van der Waals surface area contributed by atoms with Gasteiger partial charge in [0.15, 0.2) is 5.82 Å². The van der Waals surface area contributed by atoms with E-state index in [9.17, 15) is 5.11 Å². The maximum Gasteiger partial charge on any atom is 0.151 e. The van der Waals surface area contributed by atoms with Crippen molar-refractivity contribution >= 4 is 5.82 Å². The minimum Gasteiger partial charge on any atom is -0.507 e. The molecule has 1 fully saturated rings. The highest BCUT2D eigenvalue weighted by atomic mass is 16.3. The fraction of sp³-hybridized carbons (Fsp3) is 0.476. The highest BCUT2D eigenvalue weighted by molar-refractivity contribution is 5.68. The van der Waals surface area contributed by atoms with Crippen molar-refractivity contribution in [3.63, 3.8) is 0 Å². The SMILES string of the molecule is CN(c1ccc(-c2ccc(C#N)cc2O)nn1)C1CC(C)(C)NC(C)(C)C1. The number of rotatable bonds is 3. The molecule has 1 saturated heterocycles. The van der Waals surface area contributed by atoms with Crippen molar-refractivity contribution in [2.45, 2.75) is 57.7 Å². The van der Waals surface area contributed by atoms with Crippen molar-refractivity contribution < 1.29 is 5.11 Å². The van der Waals surface area contributed by atoms with Crippen molar-refractivity contribution in [3.05, 3.63) is 35.9 Å². The van der Waals surface area contributed by atoms with E-state index < -0.39 is 0 Å². The van der Waals surface area contributed by atoms with E-state index in [2.05, 4.69) is 55.2 Å². The molecule has 1 aromatic carbocycles. The minimum absolute atomic E-state index is 0.0336. The molecule has 142 valence electrons. The number of hydrogen-bond donors (Lipinski definition) is 2. The van der Waals surface area contributed by atoms with E-state index in [0.717, 1.165) is 18.7 Å². The maximum absolute atomic E-state index is 10.1. The van der Waals surface area contributed by atoms with Gasteiger partial charge in [0.25, 0.3) is 0 Å². The van der Waals surface area contributed by atoms with Crippen LogP contribution >= 0.6 is 0 Å². The smallest absolute Gasteiger partial charge is 0.151 e. The van der Waals surface area contributed by atoms with Crippen LogP contribution in [0.2, 0.25) is 0 Å². The third-order valence-electron chi connectivity index (χ3n) is 5.13. The molecular formula is C21H27N5O. The van der Waals surface area contributed by atoms with Gasteiger partial charge >= 0.3 is 0 Å². The van der Waals surface area contributed by atoms with E-state index in [1.54, 1.807) is 12.1 Å². The lowest BCUT2D eigenvalue weighted by Gasteiger charge is -2.49. The van der Waals surface area contributed by atoms with Gasteiger partial charge in [0.05, 0.1) is 17.3 Å². The molecule has 1 aromatic heterocycles. The van der Waals surface area contributed by atoms with Crippen LogP contribution in [0.25, 0.3) is 11.3 Å². The summed E-state index contributed by atoms with van der Waals surface area (Å²) >= 11 is 0. The van der Waals surface area contributed by atoms with E-state index in [1.165, 1.54) is 6.07 Å². The molecule has 2 aromatic rings. The highest BCUT2D eigenvalue weighted by Gasteiger charge is 2.39. The van der Waals surface area contributed by atoms with Crippen LogP contribution in [0.3, 0.4) is 0 Å². The van der Waals surface area contributed by atoms with Gasteiger partial charge in [-0.05, 0) is 70.9 Å². The maximum atomic E-state index is 10.1. The Kier molecular flexibility index (Phi) is 4.83. The highest BCUT2D eigenvalue weighted by Crippen LogP contribution is 2.33. The topological polar surface area (TPSA) is 85.1 Å². The van der Waals surface area contributed by atoms with Gasteiger partial charge in [-0.15, -0.1) is 10.2 Å². The monoisotopic (exact) mass is 365 g/mol. The number of benzene rings is 1. The Morgan fingerprint density at radius 2 is 1.78 bits per heavy atom. The molecule has 1 aliphatic rings. The summed E-state index contributed by atoms with van der Waals surface area (Å²) in [6.45, 7) is 8.93. The second-order valence-corrected chi connectivity index (χ2v) is 8.69. The van der Waals surface area contributed by atoms with E-state index in [1.807, 2.05) is 18.2 Å². The van der Waals surface area contributed by atoms with E-state index >= 15 is 0 Å². The zero-order valence-electron chi connectivity index (χ0n) is 16.6. The predicted molar refractivity (Wildman–Crippen MR) is 107 cm³/mol. The average molecular weight is 365 g/mol. The van der Waals surface area contributed by atoms with Gasteiger partial charge < -0.3 is 15.3 Å². The first-order valence-electron chi connectivity index (χ1n) is 9.20. The summed E-state index contributed by atoms with van der Waals surface area (Å²) in [5, 5.41) is 31.5. The number of piperidine rings is 1. The largest absolute Gasteiger partial charge is 0.507 e. The van der Waals surface area contributed by atoms with Gasteiger partial charge in [0, 0.05) is 29.7 Å². The first-order chi connectivity index (χ1) is 12.6. The van der Waals surface area contributed by atoms with Crippen molar-refractivity contribution in [2.24, 2.45) is 0 Å². The first kappa shape index (κ1) is 19.1. The number of aromatic nitrogens is 2. The number of nitrogens with one attached hydrogen (secondary N) is 1. The Balaban J connectivity index is 1.82. The van der Waals surface area contributed by atoms with E-state index in [4.69, 9.17) is 5.26 Å². The third-order valence-corrected chi connectivity index (χ3v) is 5.13. The van der Waals surface area contributed by atoms with Gasteiger partial charge in [-0.3, -0.25) is 0 Å². The van der Waals surface area contributed by atoms with Crippen molar-refractivity contribution in [1.29, 1.82) is 5.26 Å². The number of anilines is 1. The van der Waals surface area contributed by atoms with Crippen molar-refractivity contribution in [1.82, 2.24) is 15.5 Å². The van der Waals surface area contributed by atoms with Crippen LogP contribution in [0.15, 0.2) is 30.3 Å². The minimum atomic E-state index is 0.0336. The summed E-state index contributed by atoms with van der Waals surface area (Å²) < 4.78 is 0. The normalized spacial score (nSPS) is 18.7. The van der Waals surface area contributed by atoms with Crippen LogP contribution in [-0.2, 0) is 0 Å². The molecule has 0 spiro atoms. The summed E-state index contributed by atoms with van der Waals surface area (Å²) in [7, 11) is 2.06. The molecule has 3 rings (SSSR count). The molecular weight excluding hydrogens is 338 g/mol. The van der Waals surface area contributed by atoms with Crippen LogP contribution in [0.4, 0.5) is 5.82 Å². The fourth-order valence-electron chi connectivity index (χ4n) is 4.20. The molecule has 0 aliphatic carbocycles. The van der Waals surface area contributed by atoms with Gasteiger partial charge in [0.1, 0.15) is 5.75 Å². The Bertz CT molecular complexity index is 851. The van der Waals surface area contributed by atoms with Crippen LogP contribution < -0.4 is 10.2 Å². The molecule has 6 heteroatoms. The molecule has 0 radical (unpaired) electrons. The third kappa shape index (κ3) is 4.20. The summed E-state index contributed by atoms with van der Waals surface area (Å²) in [5.74, 6) is 0.844. The molecule has 27 heavy (non-hydrogen) atoms. The molecule has 0 atom stereocenters. The van der Waals surface area contributed by atoms with Gasteiger partial charge in [-0.25, -0.2) is 0 Å². The van der Waals surface area contributed by atoms with Crippen LogP contribution in [-0.4, -0.2) is 39.5 Å². The second kappa shape index (κ2) is 6.82. The Hall–Kier alpha value is -2.65. The number of nitriles is 1. The number of phenols is 1. The zero-order chi connectivity index (χ0) is 19.8. The number of aromatic hydroxyl groups is 1. The van der Waals surface area contributed by atoms with Crippen molar-refractivity contribution in [3.8, 4) is 23.1 Å². The van der Waals surface area contributed by atoms with Crippen LogP contribution in [0.5, 0.6) is 5.75 Å². The van der Waals surface area contributed by atoms with E-state index in [0.29, 0.717) is 22.9 Å². The summed E-state index contributed by atoms with van der Waals surface area (Å²) in [6.07, 6.45) is 2.04. The molecule has 1 aliphatic heterocycles. The lowest BCUT2D eigenvalue weighted by molar-refractivity contribution is 0.160. The molecule has 0 unspecified atom stereocenters. The number of phenolic OH excluding ortho intramolecular Hbond substituents is 1. The zero-order valence-corrected chi connectivity index (χ0v) is 16.6. The number of nitrogens with zero attached hydrogens (tertiary/aromatic N) is 4. The summed E-state index contributed by atoms with van der Waals surface area (Å²) in [4.78, 5) is 2.19. The molecule has 0 bridgehead atoms. The lowest BCUT2D eigenvalue weighted by Crippen LogP contribution is -2.62. The Labute approximate surface area is 160 Å². The van der Waals surface area contributed by atoms with Crippen LogP contribution in [0.1, 0.15) is 46.1 Å². The summed E-state index contributed by atoms with van der Waals surface area (Å²) in [6, 6.07) is 11.0. The second-order valence-electron chi connectivity index (χ2n) is 8.69. The molecule has 2 heterocycles. The predicted octanol–water partition coefficient (Wildman–Crippen LogP) is 3.47. The lowest BCUT2D eigenvalue weighted by atomic mass is 9.79.